The fourth-order valence-corrected chi connectivity index (χ4v) is 1.21. The second kappa shape index (κ2) is 5.96. The van der Waals surface area contributed by atoms with Gasteiger partial charge in [0, 0.05) is 0 Å². The van der Waals surface area contributed by atoms with E-state index in [1.807, 2.05) is 19.1 Å². The molecular formula is C15H18O. The Hall–Kier alpha value is -1.76. The maximum atomic E-state index is 8.76. The van der Waals surface area contributed by atoms with Crippen molar-refractivity contribution in [3.8, 4) is 5.75 Å². The van der Waals surface area contributed by atoms with Gasteiger partial charge < -0.3 is 5.11 Å². The van der Waals surface area contributed by atoms with Crippen molar-refractivity contribution in [3.63, 3.8) is 0 Å². The van der Waals surface area contributed by atoms with Gasteiger partial charge in [0.2, 0.25) is 0 Å². The Morgan fingerprint density at radius 3 is 1.44 bits per heavy atom. The lowest BCUT2D eigenvalue weighted by Crippen LogP contribution is -1.74. The minimum absolute atomic E-state index is 0.329. The van der Waals surface area contributed by atoms with Crippen LogP contribution in [0.1, 0.15) is 16.7 Å². The van der Waals surface area contributed by atoms with E-state index in [1.165, 1.54) is 16.7 Å². The molecule has 2 aromatic rings. The van der Waals surface area contributed by atoms with E-state index in [0.29, 0.717) is 5.75 Å². The van der Waals surface area contributed by atoms with Crippen LogP contribution in [-0.2, 0) is 0 Å². The summed E-state index contributed by atoms with van der Waals surface area (Å²) in [6.45, 7) is 6.23. The van der Waals surface area contributed by atoms with E-state index in [2.05, 4.69) is 38.1 Å². The first-order valence-electron chi connectivity index (χ1n) is 5.37. The predicted octanol–water partition coefficient (Wildman–Crippen LogP) is 4.00. The highest BCUT2D eigenvalue weighted by molar-refractivity contribution is 5.24. The fraction of sp³-hybridized carbons (Fsp3) is 0.200. The summed E-state index contributed by atoms with van der Waals surface area (Å²) >= 11 is 0. The molecule has 0 aliphatic heterocycles. The summed E-state index contributed by atoms with van der Waals surface area (Å²) in [5.41, 5.74) is 3.91. The van der Waals surface area contributed by atoms with Crippen LogP contribution in [-0.4, -0.2) is 5.11 Å². The number of hydrogen-bond donors (Lipinski definition) is 1. The summed E-state index contributed by atoms with van der Waals surface area (Å²) in [5, 5.41) is 8.76. The largest absolute Gasteiger partial charge is 0.508 e. The summed E-state index contributed by atoms with van der Waals surface area (Å²) in [4.78, 5) is 0. The molecule has 0 amide bonds. The predicted molar refractivity (Wildman–Crippen MR) is 68.8 cm³/mol. The first kappa shape index (κ1) is 12.3. The second-order valence-corrected chi connectivity index (χ2v) is 3.92. The Labute approximate surface area is 97.4 Å². The number of phenols is 1. The molecule has 84 valence electrons. The van der Waals surface area contributed by atoms with Crippen LogP contribution in [0.3, 0.4) is 0 Å². The maximum absolute atomic E-state index is 8.76. The molecule has 0 unspecified atom stereocenters. The van der Waals surface area contributed by atoms with E-state index < -0.39 is 0 Å². The molecule has 1 N–H and O–H groups in total. The van der Waals surface area contributed by atoms with Crippen molar-refractivity contribution < 1.29 is 5.11 Å². The molecule has 0 saturated heterocycles. The van der Waals surface area contributed by atoms with Crippen LogP contribution in [0.25, 0.3) is 0 Å². The zero-order valence-electron chi connectivity index (χ0n) is 10.1. The van der Waals surface area contributed by atoms with Gasteiger partial charge in [0.25, 0.3) is 0 Å². The minimum atomic E-state index is 0.329. The number of hydrogen-bond acceptors (Lipinski definition) is 1. The van der Waals surface area contributed by atoms with E-state index in [9.17, 15) is 0 Å². The van der Waals surface area contributed by atoms with Gasteiger partial charge in [-0.2, -0.15) is 0 Å². The molecule has 0 atom stereocenters. The molecule has 2 aromatic carbocycles. The number of phenolic OH excluding ortho intramolecular Hbond substituents is 1. The summed E-state index contributed by atoms with van der Waals surface area (Å²) < 4.78 is 0. The van der Waals surface area contributed by atoms with Gasteiger partial charge in [-0.05, 0) is 44.0 Å². The average molecular weight is 214 g/mol. The molecule has 0 bridgehead atoms. The molecule has 2 rings (SSSR count). The third kappa shape index (κ3) is 4.18. The topological polar surface area (TPSA) is 20.2 Å². The average Bonchev–Trinajstić information content (AvgIpc) is 2.28. The van der Waals surface area contributed by atoms with E-state index in [4.69, 9.17) is 5.11 Å². The Balaban J connectivity index is 0.000000160. The SMILES string of the molecule is Cc1ccc(O)cc1.Cc1ccccc1C. The van der Waals surface area contributed by atoms with Crippen molar-refractivity contribution in [2.24, 2.45) is 0 Å². The molecule has 0 radical (unpaired) electrons. The second-order valence-electron chi connectivity index (χ2n) is 3.92. The Morgan fingerprint density at radius 2 is 1.12 bits per heavy atom. The van der Waals surface area contributed by atoms with Crippen molar-refractivity contribution >= 4 is 0 Å². The van der Waals surface area contributed by atoms with Gasteiger partial charge in [-0.3, -0.25) is 0 Å². The van der Waals surface area contributed by atoms with Crippen molar-refractivity contribution in [2.75, 3.05) is 0 Å². The van der Waals surface area contributed by atoms with Crippen LogP contribution in [0.2, 0.25) is 0 Å². The zero-order valence-corrected chi connectivity index (χ0v) is 10.1. The van der Waals surface area contributed by atoms with Gasteiger partial charge in [-0.25, -0.2) is 0 Å². The van der Waals surface area contributed by atoms with Gasteiger partial charge in [0.15, 0.2) is 0 Å². The Morgan fingerprint density at radius 1 is 0.688 bits per heavy atom. The van der Waals surface area contributed by atoms with E-state index in [0.717, 1.165) is 0 Å². The van der Waals surface area contributed by atoms with E-state index in [-0.39, 0.29) is 0 Å². The number of aryl methyl sites for hydroxylation is 3. The van der Waals surface area contributed by atoms with Gasteiger partial charge in [0.1, 0.15) is 5.75 Å². The summed E-state index contributed by atoms with van der Waals surface area (Å²) in [7, 11) is 0. The van der Waals surface area contributed by atoms with Crippen molar-refractivity contribution in [1.82, 2.24) is 0 Å². The quantitative estimate of drug-likeness (QED) is 0.702. The summed E-state index contributed by atoms with van der Waals surface area (Å²) in [6.07, 6.45) is 0. The van der Waals surface area contributed by atoms with Crippen LogP contribution < -0.4 is 0 Å². The highest BCUT2D eigenvalue weighted by atomic mass is 16.3. The van der Waals surface area contributed by atoms with Gasteiger partial charge >= 0.3 is 0 Å². The highest BCUT2D eigenvalue weighted by Gasteiger charge is 1.84. The maximum Gasteiger partial charge on any atom is 0.115 e. The monoisotopic (exact) mass is 214 g/mol. The normalized spacial score (nSPS) is 9.19. The number of rotatable bonds is 0. The first-order valence-corrected chi connectivity index (χ1v) is 5.37. The molecular weight excluding hydrogens is 196 g/mol. The zero-order chi connectivity index (χ0) is 12.0. The molecule has 0 saturated carbocycles. The fourth-order valence-electron chi connectivity index (χ4n) is 1.21. The van der Waals surface area contributed by atoms with Crippen molar-refractivity contribution in [1.29, 1.82) is 0 Å². The Kier molecular flexibility index (Phi) is 4.59. The molecule has 1 nitrogen and oxygen atoms in total. The highest BCUT2D eigenvalue weighted by Crippen LogP contribution is 2.07. The third-order valence-electron chi connectivity index (χ3n) is 2.46. The molecule has 0 aliphatic carbocycles. The molecule has 0 aliphatic rings. The lowest BCUT2D eigenvalue weighted by Gasteiger charge is -1.93. The molecule has 16 heavy (non-hydrogen) atoms. The van der Waals surface area contributed by atoms with Gasteiger partial charge in [0.05, 0.1) is 0 Å². The smallest absolute Gasteiger partial charge is 0.115 e. The lowest BCUT2D eigenvalue weighted by molar-refractivity contribution is 0.475. The van der Waals surface area contributed by atoms with Crippen LogP contribution in [0.15, 0.2) is 48.5 Å². The number of aromatic hydroxyl groups is 1. The van der Waals surface area contributed by atoms with Crippen LogP contribution in [0, 0.1) is 20.8 Å². The van der Waals surface area contributed by atoms with Crippen LogP contribution in [0.5, 0.6) is 5.75 Å². The molecule has 1 heteroatoms. The van der Waals surface area contributed by atoms with E-state index >= 15 is 0 Å². The van der Waals surface area contributed by atoms with E-state index in [1.54, 1.807) is 12.1 Å². The standard InChI is InChI=1S/C8H10.C7H8O/c1-7-5-3-4-6-8(7)2;1-6-2-4-7(8)5-3-6/h3-6H,1-2H3;2-5,8H,1H3. The number of benzene rings is 2. The first-order chi connectivity index (χ1) is 7.59. The molecule has 0 heterocycles. The summed E-state index contributed by atoms with van der Waals surface area (Å²) in [5.74, 6) is 0.329. The molecule has 0 spiro atoms. The van der Waals surface area contributed by atoms with Gasteiger partial charge in [-0.1, -0.05) is 42.0 Å². The third-order valence-corrected chi connectivity index (χ3v) is 2.46. The Bertz CT molecular complexity index is 387. The van der Waals surface area contributed by atoms with Crippen molar-refractivity contribution in [2.45, 2.75) is 20.8 Å². The van der Waals surface area contributed by atoms with Crippen LogP contribution in [0.4, 0.5) is 0 Å². The minimum Gasteiger partial charge on any atom is -0.508 e. The molecule has 0 fully saturated rings. The van der Waals surface area contributed by atoms with Gasteiger partial charge in [-0.15, -0.1) is 0 Å². The van der Waals surface area contributed by atoms with Crippen molar-refractivity contribution in [3.05, 3.63) is 65.2 Å². The lowest BCUT2D eigenvalue weighted by atomic mass is 10.1. The van der Waals surface area contributed by atoms with Crippen LogP contribution >= 0.6 is 0 Å². The molecule has 0 aromatic heterocycles. The summed E-state index contributed by atoms with van der Waals surface area (Å²) in [6, 6.07) is 15.4.